The van der Waals surface area contributed by atoms with Crippen LogP contribution in [0.3, 0.4) is 0 Å². The topological polar surface area (TPSA) is 34.1 Å². The molecular formula is C14H22F2N2OS. The third-order valence-corrected chi connectivity index (χ3v) is 4.30. The van der Waals surface area contributed by atoms with Crippen LogP contribution in [-0.4, -0.2) is 30.7 Å². The SMILES string of the molecule is CCCc1nc(CCOCC(F)F)sc1CNC1CC1. The molecule has 1 aromatic heterocycles. The van der Waals surface area contributed by atoms with Crippen LogP contribution in [0.2, 0.25) is 0 Å². The fraction of sp³-hybridized carbons (Fsp3) is 0.786. The number of rotatable bonds is 10. The minimum absolute atomic E-state index is 0.318. The normalized spacial score (nSPS) is 15.2. The summed E-state index contributed by atoms with van der Waals surface area (Å²) in [6, 6.07) is 0.685. The van der Waals surface area contributed by atoms with Crippen LogP contribution in [-0.2, 0) is 24.1 Å². The number of hydrogen-bond acceptors (Lipinski definition) is 4. The van der Waals surface area contributed by atoms with E-state index in [0.29, 0.717) is 19.1 Å². The van der Waals surface area contributed by atoms with Crippen molar-refractivity contribution < 1.29 is 13.5 Å². The lowest BCUT2D eigenvalue weighted by Gasteiger charge is -2.01. The Balaban J connectivity index is 1.82. The number of nitrogens with zero attached hydrogens (tertiary/aromatic N) is 1. The number of hydrogen-bond donors (Lipinski definition) is 1. The first kappa shape index (κ1) is 15.8. The van der Waals surface area contributed by atoms with Crippen molar-refractivity contribution >= 4 is 11.3 Å². The molecule has 0 bridgehead atoms. The number of halogens is 2. The van der Waals surface area contributed by atoms with E-state index in [2.05, 4.69) is 17.2 Å². The zero-order valence-electron chi connectivity index (χ0n) is 11.8. The maximum Gasteiger partial charge on any atom is 0.261 e. The molecular weight excluding hydrogens is 282 g/mol. The lowest BCUT2D eigenvalue weighted by atomic mass is 10.2. The molecule has 1 aliphatic rings. The molecule has 114 valence electrons. The van der Waals surface area contributed by atoms with Gasteiger partial charge in [-0.2, -0.15) is 0 Å². The maximum absolute atomic E-state index is 12.0. The van der Waals surface area contributed by atoms with Gasteiger partial charge in [0.05, 0.1) is 17.3 Å². The molecule has 0 radical (unpaired) electrons. The van der Waals surface area contributed by atoms with E-state index in [4.69, 9.17) is 4.74 Å². The van der Waals surface area contributed by atoms with Crippen LogP contribution in [0.4, 0.5) is 8.78 Å². The fourth-order valence-corrected chi connectivity index (χ4v) is 3.02. The van der Waals surface area contributed by atoms with E-state index >= 15 is 0 Å². The summed E-state index contributed by atoms with van der Waals surface area (Å²) in [5.74, 6) is 0. The number of aromatic nitrogens is 1. The average Bonchev–Trinajstić information content (AvgIpc) is 3.15. The van der Waals surface area contributed by atoms with E-state index in [1.54, 1.807) is 11.3 Å². The molecule has 0 aromatic carbocycles. The standard InChI is InChI=1S/C14H22F2N2OS/c1-2-3-11-12(8-17-10-4-5-10)20-14(18-11)6-7-19-9-13(15)16/h10,13,17H,2-9H2,1H3. The van der Waals surface area contributed by atoms with Gasteiger partial charge in [-0.25, -0.2) is 13.8 Å². The van der Waals surface area contributed by atoms with Crippen LogP contribution >= 0.6 is 11.3 Å². The molecule has 0 unspecified atom stereocenters. The van der Waals surface area contributed by atoms with Gasteiger partial charge < -0.3 is 10.1 Å². The summed E-state index contributed by atoms with van der Waals surface area (Å²) in [6.45, 7) is 2.86. The smallest absolute Gasteiger partial charge is 0.261 e. The molecule has 1 saturated carbocycles. The lowest BCUT2D eigenvalue weighted by molar-refractivity contribution is 0.0187. The number of nitrogens with one attached hydrogen (secondary N) is 1. The van der Waals surface area contributed by atoms with Crippen LogP contribution in [0.25, 0.3) is 0 Å². The Morgan fingerprint density at radius 3 is 2.85 bits per heavy atom. The van der Waals surface area contributed by atoms with E-state index in [1.807, 2.05) is 0 Å². The summed E-state index contributed by atoms with van der Waals surface area (Å²) in [4.78, 5) is 5.92. The first-order chi connectivity index (χ1) is 9.69. The summed E-state index contributed by atoms with van der Waals surface area (Å²) >= 11 is 1.69. The van der Waals surface area contributed by atoms with Crippen molar-refractivity contribution in [3.63, 3.8) is 0 Å². The van der Waals surface area contributed by atoms with Gasteiger partial charge in [0.15, 0.2) is 0 Å². The van der Waals surface area contributed by atoms with Gasteiger partial charge in [0, 0.05) is 23.9 Å². The summed E-state index contributed by atoms with van der Waals surface area (Å²) in [5.41, 5.74) is 1.16. The molecule has 0 aliphatic heterocycles. The Morgan fingerprint density at radius 2 is 2.20 bits per heavy atom. The maximum atomic E-state index is 12.0. The van der Waals surface area contributed by atoms with Crippen molar-refractivity contribution in [2.24, 2.45) is 0 Å². The molecule has 1 aromatic rings. The molecule has 1 aliphatic carbocycles. The highest BCUT2D eigenvalue weighted by Crippen LogP contribution is 2.24. The second-order valence-electron chi connectivity index (χ2n) is 5.10. The Bertz CT molecular complexity index is 408. The number of ether oxygens (including phenoxy) is 1. The van der Waals surface area contributed by atoms with Gasteiger partial charge in [0.1, 0.15) is 6.61 Å². The van der Waals surface area contributed by atoms with Crippen LogP contribution in [0.5, 0.6) is 0 Å². The van der Waals surface area contributed by atoms with E-state index < -0.39 is 13.0 Å². The molecule has 1 heterocycles. The van der Waals surface area contributed by atoms with Gasteiger partial charge >= 0.3 is 0 Å². The molecule has 0 atom stereocenters. The zero-order chi connectivity index (χ0) is 14.4. The van der Waals surface area contributed by atoms with E-state index in [0.717, 1.165) is 30.1 Å². The van der Waals surface area contributed by atoms with Crippen molar-refractivity contribution in [3.8, 4) is 0 Å². The number of thiazole rings is 1. The van der Waals surface area contributed by atoms with Gasteiger partial charge in [-0.15, -0.1) is 11.3 Å². The van der Waals surface area contributed by atoms with Gasteiger partial charge in [-0.3, -0.25) is 0 Å². The molecule has 2 rings (SSSR count). The second kappa shape index (κ2) is 8.00. The predicted octanol–water partition coefficient (Wildman–Crippen LogP) is 3.17. The van der Waals surface area contributed by atoms with Crippen molar-refractivity contribution in [1.82, 2.24) is 10.3 Å². The van der Waals surface area contributed by atoms with Crippen molar-refractivity contribution in [2.75, 3.05) is 13.2 Å². The van der Waals surface area contributed by atoms with E-state index in [1.165, 1.54) is 17.7 Å². The molecule has 1 fully saturated rings. The fourth-order valence-electron chi connectivity index (χ4n) is 1.97. The van der Waals surface area contributed by atoms with Gasteiger partial charge in [-0.1, -0.05) is 13.3 Å². The first-order valence-corrected chi connectivity index (χ1v) is 8.07. The van der Waals surface area contributed by atoms with Crippen LogP contribution in [0.15, 0.2) is 0 Å². The van der Waals surface area contributed by atoms with Gasteiger partial charge in [0.2, 0.25) is 0 Å². The monoisotopic (exact) mass is 304 g/mol. The predicted molar refractivity (Wildman–Crippen MR) is 76.5 cm³/mol. The highest BCUT2D eigenvalue weighted by molar-refractivity contribution is 7.11. The minimum Gasteiger partial charge on any atom is -0.375 e. The van der Waals surface area contributed by atoms with Crippen LogP contribution < -0.4 is 5.32 Å². The van der Waals surface area contributed by atoms with Crippen molar-refractivity contribution in [3.05, 3.63) is 15.6 Å². The van der Waals surface area contributed by atoms with E-state index in [-0.39, 0.29) is 0 Å². The number of aryl methyl sites for hydroxylation is 1. The Hall–Kier alpha value is -0.590. The first-order valence-electron chi connectivity index (χ1n) is 7.25. The minimum atomic E-state index is -2.39. The Morgan fingerprint density at radius 1 is 1.40 bits per heavy atom. The van der Waals surface area contributed by atoms with Crippen LogP contribution in [0.1, 0.15) is 41.8 Å². The van der Waals surface area contributed by atoms with Crippen molar-refractivity contribution in [1.29, 1.82) is 0 Å². The quantitative estimate of drug-likeness (QED) is 0.674. The average molecular weight is 304 g/mol. The molecule has 20 heavy (non-hydrogen) atoms. The second-order valence-corrected chi connectivity index (χ2v) is 6.27. The van der Waals surface area contributed by atoms with E-state index in [9.17, 15) is 8.78 Å². The largest absolute Gasteiger partial charge is 0.375 e. The van der Waals surface area contributed by atoms with Gasteiger partial charge in [0.25, 0.3) is 6.43 Å². The lowest BCUT2D eigenvalue weighted by Crippen LogP contribution is -2.15. The molecule has 0 spiro atoms. The summed E-state index contributed by atoms with van der Waals surface area (Å²) in [6.07, 6.45) is 2.84. The zero-order valence-corrected chi connectivity index (χ0v) is 12.6. The third kappa shape index (κ3) is 5.42. The molecule has 0 saturated heterocycles. The summed E-state index contributed by atoms with van der Waals surface area (Å²) in [5, 5.41) is 4.50. The highest BCUT2D eigenvalue weighted by atomic mass is 32.1. The summed E-state index contributed by atoms with van der Waals surface area (Å²) in [7, 11) is 0. The Labute approximate surface area is 122 Å². The molecule has 3 nitrogen and oxygen atoms in total. The van der Waals surface area contributed by atoms with Gasteiger partial charge in [-0.05, 0) is 19.3 Å². The van der Waals surface area contributed by atoms with Crippen molar-refractivity contribution in [2.45, 2.75) is 58.0 Å². The Kier molecular flexibility index (Phi) is 6.32. The molecule has 0 amide bonds. The van der Waals surface area contributed by atoms with Crippen LogP contribution in [0, 0.1) is 0 Å². The summed E-state index contributed by atoms with van der Waals surface area (Å²) < 4.78 is 28.8. The molecule has 1 N–H and O–H groups in total. The highest BCUT2D eigenvalue weighted by Gasteiger charge is 2.21. The molecule has 6 heteroatoms. The number of alkyl halides is 2. The third-order valence-electron chi connectivity index (χ3n) is 3.14.